The quantitative estimate of drug-likeness (QED) is 0.361. The Balaban J connectivity index is 3.12. The van der Waals surface area contributed by atoms with E-state index in [1.807, 2.05) is 6.08 Å². The molecule has 92 valence electrons. The summed E-state index contributed by atoms with van der Waals surface area (Å²) in [5.41, 5.74) is 0. The standard InChI is InChI=1S/C15H26O/c1-3-5-6-7-8-9-10-11-12-13-14-15(16)4-2/h4,13-14H,2-3,5-12H2,1H3/b14-13+. The van der Waals surface area contributed by atoms with Crippen molar-refractivity contribution in [3.63, 3.8) is 0 Å². The van der Waals surface area contributed by atoms with Crippen LogP contribution < -0.4 is 0 Å². The lowest BCUT2D eigenvalue weighted by Crippen LogP contribution is -1.83. The molecule has 0 amide bonds. The summed E-state index contributed by atoms with van der Waals surface area (Å²) in [6, 6.07) is 0. The summed E-state index contributed by atoms with van der Waals surface area (Å²) in [5, 5.41) is 0. The summed E-state index contributed by atoms with van der Waals surface area (Å²) in [6.07, 6.45) is 16.6. The Morgan fingerprint density at radius 3 is 2.12 bits per heavy atom. The average molecular weight is 222 g/mol. The number of hydrogen-bond acceptors (Lipinski definition) is 1. The summed E-state index contributed by atoms with van der Waals surface area (Å²) < 4.78 is 0. The van der Waals surface area contributed by atoms with E-state index in [2.05, 4.69) is 13.5 Å². The third-order valence-corrected chi connectivity index (χ3v) is 2.71. The van der Waals surface area contributed by atoms with Crippen molar-refractivity contribution < 1.29 is 4.79 Å². The van der Waals surface area contributed by atoms with Gasteiger partial charge in [-0.1, -0.05) is 64.5 Å². The number of hydrogen-bond donors (Lipinski definition) is 0. The van der Waals surface area contributed by atoms with Crippen LogP contribution >= 0.6 is 0 Å². The second kappa shape index (κ2) is 12.2. The minimum Gasteiger partial charge on any atom is -0.290 e. The van der Waals surface area contributed by atoms with Crippen LogP contribution in [0.15, 0.2) is 24.8 Å². The van der Waals surface area contributed by atoms with Gasteiger partial charge in [-0.15, -0.1) is 0 Å². The molecule has 0 unspecified atom stereocenters. The van der Waals surface area contributed by atoms with Crippen molar-refractivity contribution in [3.05, 3.63) is 24.8 Å². The van der Waals surface area contributed by atoms with Crippen molar-refractivity contribution in [1.29, 1.82) is 0 Å². The summed E-state index contributed by atoms with van der Waals surface area (Å²) in [5.74, 6) is 0.0135. The van der Waals surface area contributed by atoms with E-state index in [-0.39, 0.29) is 5.78 Å². The molecule has 0 saturated carbocycles. The van der Waals surface area contributed by atoms with Gasteiger partial charge in [0, 0.05) is 0 Å². The number of allylic oxidation sites excluding steroid dienone is 3. The van der Waals surface area contributed by atoms with E-state index in [9.17, 15) is 4.79 Å². The minimum absolute atomic E-state index is 0.0135. The molecule has 0 aromatic carbocycles. The Morgan fingerprint density at radius 2 is 1.56 bits per heavy atom. The number of carbonyl (C=O) groups excluding carboxylic acids is 1. The van der Waals surface area contributed by atoms with Gasteiger partial charge in [0.15, 0.2) is 5.78 Å². The van der Waals surface area contributed by atoms with Crippen molar-refractivity contribution in [1.82, 2.24) is 0 Å². The van der Waals surface area contributed by atoms with E-state index in [4.69, 9.17) is 0 Å². The maximum absolute atomic E-state index is 10.8. The molecule has 0 aliphatic rings. The molecule has 0 radical (unpaired) electrons. The third kappa shape index (κ3) is 11.2. The Labute approximate surface area is 101 Å². The fourth-order valence-corrected chi connectivity index (χ4v) is 1.66. The number of rotatable bonds is 11. The van der Waals surface area contributed by atoms with Crippen molar-refractivity contribution in [2.75, 3.05) is 0 Å². The zero-order chi connectivity index (χ0) is 12.1. The van der Waals surface area contributed by atoms with Gasteiger partial charge in [-0.25, -0.2) is 0 Å². The van der Waals surface area contributed by atoms with Gasteiger partial charge >= 0.3 is 0 Å². The number of carbonyl (C=O) groups is 1. The Hall–Kier alpha value is -0.850. The second-order valence-corrected chi connectivity index (χ2v) is 4.27. The highest BCUT2D eigenvalue weighted by atomic mass is 16.1. The molecule has 0 spiro atoms. The Bertz CT molecular complexity index is 203. The van der Waals surface area contributed by atoms with Gasteiger partial charge in [-0.2, -0.15) is 0 Å². The normalized spacial score (nSPS) is 10.8. The molecule has 0 bridgehead atoms. The van der Waals surface area contributed by atoms with Gasteiger partial charge < -0.3 is 0 Å². The van der Waals surface area contributed by atoms with E-state index in [0.717, 1.165) is 6.42 Å². The van der Waals surface area contributed by atoms with E-state index in [1.165, 1.54) is 57.4 Å². The first-order chi connectivity index (χ1) is 7.81. The number of unbranched alkanes of at least 4 members (excludes halogenated alkanes) is 8. The summed E-state index contributed by atoms with van der Waals surface area (Å²) in [4.78, 5) is 10.8. The fraction of sp³-hybridized carbons (Fsp3) is 0.667. The Morgan fingerprint density at radius 1 is 1.00 bits per heavy atom. The topological polar surface area (TPSA) is 17.1 Å². The summed E-state index contributed by atoms with van der Waals surface area (Å²) in [6.45, 7) is 5.67. The predicted octanol–water partition coefficient (Wildman–Crippen LogP) is 4.83. The first-order valence-corrected chi connectivity index (χ1v) is 6.64. The van der Waals surface area contributed by atoms with Crippen LogP contribution in [0.3, 0.4) is 0 Å². The molecule has 0 aromatic heterocycles. The average Bonchev–Trinajstić information content (AvgIpc) is 2.31. The molecule has 0 atom stereocenters. The van der Waals surface area contributed by atoms with Crippen LogP contribution in [0.1, 0.15) is 64.7 Å². The van der Waals surface area contributed by atoms with Crippen molar-refractivity contribution in [2.24, 2.45) is 0 Å². The smallest absolute Gasteiger partial charge is 0.177 e. The maximum Gasteiger partial charge on any atom is 0.177 e. The van der Waals surface area contributed by atoms with Crippen LogP contribution in [0.4, 0.5) is 0 Å². The molecule has 0 N–H and O–H groups in total. The molecule has 1 heteroatoms. The largest absolute Gasteiger partial charge is 0.290 e. The highest BCUT2D eigenvalue weighted by Crippen LogP contribution is 2.09. The molecule has 0 aliphatic carbocycles. The third-order valence-electron chi connectivity index (χ3n) is 2.71. The number of ketones is 1. The van der Waals surface area contributed by atoms with Crippen LogP contribution in [-0.4, -0.2) is 5.78 Å². The van der Waals surface area contributed by atoms with E-state index in [1.54, 1.807) is 6.08 Å². The lowest BCUT2D eigenvalue weighted by molar-refractivity contribution is -0.110. The van der Waals surface area contributed by atoms with Gasteiger partial charge in [0.05, 0.1) is 0 Å². The highest BCUT2D eigenvalue weighted by Gasteiger charge is 1.90. The molecule has 0 fully saturated rings. The van der Waals surface area contributed by atoms with E-state index >= 15 is 0 Å². The second-order valence-electron chi connectivity index (χ2n) is 4.27. The van der Waals surface area contributed by atoms with Crippen molar-refractivity contribution in [3.8, 4) is 0 Å². The lowest BCUT2D eigenvalue weighted by atomic mass is 10.1. The van der Waals surface area contributed by atoms with E-state index in [0.29, 0.717) is 0 Å². The van der Waals surface area contributed by atoms with Crippen LogP contribution in [0.5, 0.6) is 0 Å². The first-order valence-electron chi connectivity index (χ1n) is 6.64. The van der Waals surface area contributed by atoms with Crippen LogP contribution in [0.25, 0.3) is 0 Å². The molecule has 0 rings (SSSR count). The maximum atomic E-state index is 10.8. The molecular formula is C15H26O. The molecular weight excluding hydrogens is 196 g/mol. The van der Waals surface area contributed by atoms with Gasteiger partial charge in [0.1, 0.15) is 0 Å². The van der Waals surface area contributed by atoms with Gasteiger partial charge in [-0.05, 0) is 25.0 Å². The van der Waals surface area contributed by atoms with Gasteiger partial charge in [0.25, 0.3) is 0 Å². The molecule has 16 heavy (non-hydrogen) atoms. The Kier molecular flexibility index (Phi) is 11.6. The summed E-state index contributed by atoms with van der Waals surface area (Å²) in [7, 11) is 0. The molecule has 0 aromatic rings. The molecule has 0 saturated heterocycles. The van der Waals surface area contributed by atoms with Gasteiger partial charge in [-0.3, -0.25) is 4.79 Å². The van der Waals surface area contributed by atoms with E-state index < -0.39 is 0 Å². The zero-order valence-corrected chi connectivity index (χ0v) is 10.7. The van der Waals surface area contributed by atoms with Crippen molar-refractivity contribution in [2.45, 2.75) is 64.7 Å². The zero-order valence-electron chi connectivity index (χ0n) is 10.7. The van der Waals surface area contributed by atoms with Crippen molar-refractivity contribution >= 4 is 5.78 Å². The van der Waals surface area contributed by atoms with Crippen LogP contribution in [0, 0.1) is 0 Å². The first kappa shape index (κ1) is 15.2. The molecule has 0 heterocycles. The highest BCUT2D eigenvalue weighted by molar-refractivity contribution is 5.98. The fourth-order valence-electron chi connectivity index (χ4n) is 1.66. The molecule has 0 aliphatic heterocycles. The van der Waals surface area contributed by atoms with Crippen LogP contribution in [0.2, 0.25) is 0 Å². The van der Waals surface area contributed by atoms with Crippen LogP contribution in [-0.2, 0) is 4.79 Å². The lowest BCUT2D eigenvalue weighted by Gasteiger charge is -1.99. The summed E-state index contributed by atoms with van der Waals surface area (Å²) >= 11 is 0. The SMILES string of the molecule is C=CC(=O)/C=C/CCCCCCCCCC. The van der Waals surface area contributed by atoms with Gasteiger partial charge in [0.2, 0.25) is 0 Å². The monoisotopic (exact) mass is 222 g/mol. The molecule has 1 nitrogen and oxygen atoms in total. The predicted molar refractivity (Wildman–Crippen MR) is 71.6 cm³/mol. The minimum atomic E-state index is 0.0135.